The molecule has 12 aromatic carbocycles. The first-order valence-corrected chi connectivity index (χ1v) is 45.8. The van der Waals surface area contributed by atoms with E-state index in [9.17, 15) is 46.3 Å². The lowest BCUT2D eigenvalue weighted by Crippen LogP contribution is -1.98. The van der Waals surface area contributed by atoms with Crippen molar-refractivity contribution in [1.82, 2.24) is 0 Å². The molecule has 12 aromatic heterocycles. The molecule has 0 aliphatic rings. The molecule has 0 aliphatic carbocycles. The first-order valence-electron chi connectivity index (χ1n) is 45.8. The zero-order valence-corrected chi connectivity index (χ0v) is 79.6. The summed E-state index contributed by atoms with van der Waals surface area (Å²) in [4.78, 5) is 68.9. The summed E-state index contributed by atoms with van der Waals surface area (Å²) in [6, 6.07) is 80.6. The summed E-state index contributed by atoms with van der Waals surface area (Å²) in [5.41, 5.74) is 11.4. The third-order valence-electron chi connectivity index (χ3n) is 23.7. The number of methoxy groups -OCH3 is 1. The highest BCUT2D eigenvalue weighted by Crippen LogP contribution is 2.36. The Morgan fingerprint density at radius 3 is 0.884 bits per heavy atom. The van der Waals surface area contributed by atoms with Crippen LogP contribution in [0.4, 0.5) is 17.6 Å². The fourth-order valence-corrected chi connectivity index (χ4v) is 16.8. The molecule has 0 saturated heterocycles. The first-order chi connectivity index (χ1) is 70.5. The Morgan fingerprint density at radius 2 is 0.507 bits per heavy atom. The predicted octanol–water partition coefficient (Wildman–Crippen LogP) is 27.7. The van der Waals surface area contributed by atoms with Gasteiger partial charge in [0.1, 0.15) is 182 Å². The van der Waals surface area contributed by atoms with Crippen molar-refractivity contribution in [2.24, 2.45) is 0 Å². The van der Waals surface area contributed by atoms with Crippen LogP contribution in [0.2, 0.25) is 0 Å². The van der Waals surface area contributed by atoms with Gasteiger partial charge >= 0.3 is 33.8 Å². The molecule has 146 heavy (non-hydrogen) atoms. The van der Waals surface area contributed by atoms with Gasteiger partial charge in [0.25, 0.3) is 0 Å². The number of furan rings is 6. The van der Waals surface area contributed by atoms with Crippen molar-refractivity contribution >= 4 is 132 Å². The summed E-state index contributed by atoms with van der Waals surface area (Å²) >= 11 is 0. The third-order valence-corrected chi connectivity index (χ3v) is 23.7. The van der Waals surface area contributed by atoms with Crippen LogP contribution in [0, 0.1) is 78.7 Å². The third kappa shape index (κ3) is 22.4. The Hall–Kier alpha value is -18.5. The average molecular weight is 1970 g/mol. The molecular formula is C117H86F4O25. The van der Waals surface area contributed by atoms with Crippen LogP contribution in [0.3, 0.4) is 0 Å². The molecule has 24 rings (SSSR count). The van der Waals surface area contributed by atoms with E-state index in [1.165, 1.54) is 78.4 Å². The minimum Gasteiger partial charge on any atom is -0.493 e. The monoisotopic (exact) mass is 1970 g/mol. The van der Waals surface area contributed by atoms with E-state index >= 15 is 0 Å². The second-order valence-electron chi connectivity index (χ2n) is 34.5. The van der Waals surface area contributed by atoms with Crippen LogP contribution in [0.5, 0.6) is 40.2 Å². The number of para-hydroxylation sites is 2. The Kier molecular flexibility index (Phi) is 27.5. The minimum atomic E-state index is -0.760. The summed E-state index contributed by atoms with van der Waals surface area (Å²) < 4.78 is 158. The van der Waals surface area contributed by atoms with Gasteiger partial charge in [-0.05, 0) is 264 Å². The molecule has 0 spiro atoms. The highest BCUT2D eigenvalue weighted by atomic mass is 19.1. The van der Waals surface area contributed by atoms with Crippen LogP contribution < -0.4 is 66.9 Å². The summed E-state index contributed by atoms with van der Waals surface area (Å²) in [5, 5.41) is 10.0. The molecule has 0 amide bonds. The SMILES string of the molecule is COc1cccc2cc(COc3ccc4c(C)cc(=O)oc4c3)oc12.Cc1cc(=O)oc2cc(OCc3cc4cc(F)cc(C)c4o3)ccc12.Cc1cc(=O)oc2cc(OCc3cc4cc(F)cc(F)c4o3)ccc12.Cc1cc(=O)oc2cc(OCc3cc4cc(F)ccc4o3)ccc12.Cc1cc(=O)oc2cc(OCc3cc4ccccc4o3)ccc12.Cc1ccc2oc(COc3ccc4c(C)cc(=O)oc4c3)cc2c1. The summed E-state index contributed by atoms with van der Waals surface area (Å²) in [6.07, 6.45) is 0. The van der Waals surface area contributed by atoms with E-state index in [4.69, 9.17) is 86.2 Å². The van der Waals surface area contributed by atoms with Crippen LogP contribution in [-0.2, 0) is 39.6 Å². The zero-order chi connectivity index (χ0) is 102. The molecular weight excluding hydrogens is 1880 g/mol. The number of ether oxygens (including phenoxy) is 7. The van der Waals surface area contributed by atoms with Gasteiger partial charge < -0.3 is 86.2 Å². The zero-order valence-electron chi connectivity index (χ0n) is 79.6. The highest BCUT2D eigenvalue weighted by molar-refractivity contribution is 5.89. The average Bonchev–Trinajstić information content (AvgIpc) is 1.34. The van der Waals surface area contributed by atoms with Crippen molar-refractivity contribution in [1.29, 1.82) is 0 Å². The van der Waals surface area contributed by atoms with Gasteiger partial charge in [-0.25, -0.2) is 46.3 Å². The van der Waals surface area contributed by atoms with Crippen molar-refractivity contribution in [2.75, 3.05) is 7.11 Å². The van der Waals surface area contributed by atoms with Gasteiger partial charge in [-0.1, -0.05) is 42.0 Å². The van der Waals surface area contributed by atoms with Crippen molar-refractivity contribution in [3.05, 3.63) is 450 Å². The van der Waals surface area contributed by atoms with E-state index in [0.29, 0.717) is 143 Å². The molecule has 0 aliphatic heterocycles. The largest absolute Gasteiger partial charge is 0.493 e. The molecule has 0 saturated carbocycles. The van der Waals surface area contributed by atoms with Gasteiger partial charge in [-0.2, -0.15) is 0 Å². The van der Waals surface area contributed by atoms with Gasteiger partial charge in [0, 0.05) is 143 Å². The Bertz CT molecular complexity index is 9100. The molecule has 12 heterocycles. The lowest BCUT2D eigenvalue weighted by Gasteiger charge is -2.06. The molecule has 25 nitrogen and oxygen atoms in total. The van der Waals surface area contributed by atoms with Crippen LogP contribution in [-0.4, -0.2) is 7.11 Å². The van der Waals surface area contributed by atoms with Crippen LogP contribution in [0.15, 0.2) is 367 Å². The fraction of sp³-hybridized carbons (Fsp3) is 0.128. The fourth-order valence-electron chi connectivity index (χ4n) is 16.8. The van der Waals surface area contributed by atoms with E-state index in [2.05, 4.69) is 6.07 Å². The molecule has 0 bridgehead atoms. The number of hydrogen-bond donors (Lipinski definition) is 0. The summed E-state index contributed by atoms with van der Waals surface area (Å²) in [5.74, 6) is 5.82. The normalized spacial score (nSPS) is 11.2. The maximum atomic E-state index is 13.7. The molecule has 0 atom stereocenters. The van der Waals surface area contributed by atoms with Crippen molar-refractivity contribution in [3.63, 3.8) is 0 Å². The van der Waals surface area contributed by atoms with Gasteiger partial charge in [-0.3, -0.25) is 0 Å². The number of hydrogen-bond acceptors (Lipinski definition) is 25. The van der Waals surface area contributed by atoms with Crippen LogP contribution >= 0.6 is 0 Å². The number of aryl methyl sites for hydroxylation is 8. The number of halogens is 4. The van der Waals surface area contributed by atoms with Crippen molar-refractivity contribution in [3.8, 4) is 40.2 Å². The second kappa shape index (κ2) is 41.7. The highest BCUT2D eigenvalue weighted by Gasteiger charge is 2.19. The molecule has 0 fully saturated rings. The minimum absolute atomic E-state index is 0.0138. The molecule has 24 aromatic rings. The van der Waals surface area contributed by atoms with Gasteiger partial charge in [0.05, 0.1) is 7.11 Å². The lowest BCUT2D eigenvalue weighted by molar-refractivity contribution is 0.273. The van der Waals surface area contributed by atoms with E-state index < -0.39 is 28.5 Å². The van der Waals surface area contributed by atoms with Crippen molar-refractivity contribution in [2.45, 2.75) is 95.0 Å². The Labute approximate surface area is 823 Å². The Morgan fingerprint density at radius 1 is 0.212 bits per heavy atom. The molecule has 0 unspecified atom stereocenters. The smallest absolute Gasteiger partial charge is 0.336 e. The van der Waals surface area contributed by atoms with Gasteiger partial charge in [-0.15, -0.1) is 0 Å². The quantitative estimate of drug-likeness (QED) is 0.0536. The molecule has 0 N–H and O–H groups in total. The number of fused-ring (bicyclic) bond motifs is 12. The standard InChI is InChI=1S/C20H15FO4.C20H16O5.C20H16O4.C19H12F2O4.C19H13FO4.C19H14O4/c1-11-6-19(22)25-18-9-15(3-4-17(11)18)23-10-16-8-13-7-14(21)5-12(2)20(13)24-16;1-12-8-19(21)25-18-10-14(6-7-16(12)18)23-11-15-9-13-4-3-5-17(22-2)20(13)24-15;1-12-3-6-18-14(7-12)9-16(23-18)11-22-15-4-5-17-13(2)8-20(21)24-19(17)10-15;1-10-4-18(22)25-17-8-13(2-3-15(10)17)23-9-14-6-11-5-12(20)7-16(21)19(11)24-14;1-11-6-19(21)24-18-9-14(3-4-16(11)18)22-10-15-8-12-7-13(20)2-5-17(12)23-15;1-12-8-19(20)23-18-10-14(6-7-16(12)18)21-11-15-9-13-4-2-3-5-17(13)22-15/h3-9H,10H2,1-2H3;3-10H,11H2,1-2H3;3-10H,11H2,1-2H3;2-8H,9H2,1H3;2-9H,10H2,1H3;2-10H,11H2,1H3. The van der Waals surface area contributed by atoms with Gasteiger partial charge in [0.15, 0.2) is 22.7 Å². The van der Waals surface area contributed by atoms with Gasteiger partial charge in [0.2, 0.25) is 0 Å². The maximum Gasteiger partial charge on any atom is 0.336 e. The second-order valence-corrected chi connectivity index (χ2v) is 34.5. The first kappa shape index (κ1) is 96.3. The molecule has 732 valence electrons. The summed E-state index contributed by atoms with van der Waals surface area (Å²) in [6.45, 7) is 16.3. The number of benzene rings is 12. The lowest BCUT2D eigenvalue weighted by atomic mass is 10.1. The topological polar surface area (TPSA) is 325 Å². The van der Waals surface area contributed by atoms with E-state index in [1.54, 1.807) is 86.8 Å². The predicted molar refractivity (Wildman–Crippen MR) is 542 cm³/mol. The van der Waals surface area contributed by atoms with E-state index in [-0.39, 0.29) is 60.5 Å². The number of rotatable bonds is 19. The van der Waals surface area contributed by atoms with E-state index in [1.807, 2.05) is 176 Å². The molecule has 29 heteroatoms. The van der Waals surface area contributed by atoms with Crippen LogP contribution in [0.1, 0.15) is 79.1 Å². The van der Waals surface area contributed by atoms with Crippen LogP contribution in [0.25, 0.3) is 132 Å². The molecule has 0 radical (unpaired) electrons. The van der Waals surface area contributed by atoms with E-state index in [0.717, 1.165) is 116 Å². The van der Waals surface area contributed by atoms with Crippen molar-refractivity contribution < 1.29 is 104 Å². The summed E-state index contributed by atoms with van der Waals surface area (Å²) in [7, 11) is 1.61. The Balaban J connectivity index is 0.000000111. The maximum absolute atomic E-state index is 13.7.